The molecule has 38 heavy (non-hydrogen) atoms. The molecule has 5 aromatic rings. The van der Waals surface area contributed by atoms with Crippen LogP contribution in [0.5, 0.6) is 0 Å². The van der Waals surface area contributed by atoms with Crippen molar-refractivity contribution >= 4 is 56.3 Å². The number of rotatable bonds is 5. The molecule has 0 bridgehead atoms. The molecule has 1 aliphatic rings. The zero-order chi connectivity index (χ0) is 26.7. The van der Waals surface area contributed by atoms with Crippen molar-refractivity contribution in [1.82, 2.24) is 4.98 Å². The Bertz CT molecular complexity index is 1770. The number of allylic oxidation sites excluding steroid dienone is 4. The molecule has 1 atom stereocenters. The lowest BCUT2D eigenvalue weighted by Crippen LogP contribution is -2.48. The van der Waals surface area contributed by atoms with E-state index in [-0.39, 0.29) is 5.92 Å². The van der Waals surface area contributed by atoms with Crippen molar-refractivity contribution in [3.05, 3.63) is 96.1 Å². The molecule has 0 saturated heterocycles. The number of aliphatic hydroxyl groups is 1. The summed E-state index contributed by atoms with van der Waals surface area (Å²) in [5.74, 6) is 0.252. The maximum atomic E-state index is 10.5. The molecule has 4 heteroatoms. The van der Waals surface area contributed by atoms with Crippen LogP contribution in [-0.2, 0) is 4.65 Å². The van der Waals surface area contributed by atoms with Crippen LogP contribution < -0.4 is 0 Å². The van der Waals surface area contributed by atoms with Crippen molar-refractivity contribution < 1.29 is 9.76 Å². The Labute approximate surface area is 225 Å². The van der Waals surface area contributed by atoms with E-state index in [1.54, 1.807) is 13.8 Å². The predicted molar refractivity (Wildman–Crippen MR) is 161 cm³/mol. The number of para-hydroxylation sites is 1. The Morgan fingerprint density at radius 2 is 1.32 bits per heavy atom. The molecule has 1 unspecified atom stereocenters. The van der Waals surface area contributed by atoms with Crippen LogP contribution in [0.15, 0.2) is 90.4 Å². The monoisotopic (exact) mass is 498 g/mol. The van der Waals surface area contributed by atoms with Crippen molar-refractivity contribution in [2.75, 3.05) is 0 Å². The second-order valence-corrected chi connectivity index (χ2v) is 11.6. The molecule has 1 heterocycles. The summed E-state index contributed by atoms with van der Waals surface area (Å²) in [6, 6.07) is 25.9. The highest BCUT2D eigenvalue weighted by Crippen LogP contribution is 2.44. The van der Waals surface area contributed by atoms with Crippen LogP contribution in [0.3, 0.4) is 0 Å². The molecule has 3 nitrogen and oxygen atoms in total. The number of aromatic nitrogens is 1. The van der Waals surface area contributed by atoms with Crippen LogP contribution in [0.4, 0.5) is 0 Å². The number of pyridine rings is 1. The average molecular weight is 498 g/mol. The fourth-order valence-electron chi connectivity index (χ4n) is 5.49. The second kappa shape index (κ2) is 9.08. The van der Waals surface area contributed by atoms with Crippen LogP contribution in [0.1, 0.15) is 46.7 Å². The number of benzene rings is 4. The molecule has 189 valence electrons. The summed E-state index contributed by atoms with van der Waals surface area (Å²) in [5, 5.41) is 19.2. The fraction of sp³-hybridized carbons (Fsp3) is 0.265. The molecule has 0 amide bonds. The smallest absolute Gasteiger partial charge is 0.326 e. The molecule has 1 aliphatic carbocycles. The Balaban J connectivity index is 1.58. The van der Waals surface area contributed by atoms with Gasteiger partial charge in [-0.25, -0.2) is 4.98 Å². The van der Waals surface area contributed by atoms with Crippen molar-refractivity contribution in [2.24, 2.45) is 5.92 Å². The number of hydrogen-bond acceptors (Lipinski definition) is 3. The molecular weight excluding hydrogens is 465 g/mol. The van der Waals surface area contributed by atoms with Gasteiger partial charge in [0, 0.05) is 16.2 Å². The van der Waals surface area contributed by atoms with E-state index in [1.165, 1.54) is 43.3 Å². The van der Waals surface area contributed by atoms with Gasteiger partial charge in [-0.05, 0) is 73.2 Å². The average Bonchev–Trinajstić information content (AvgIpc) is 2.91. The second-order valence-electron chi connectivity index (χ2n) is 11.6. The van der Waals surface area contributed by atoms with Crippen LogP contribution in [-0.4, -0.2) is 28.8 Å². The lowest BCUT2D eigenvalue weighted by atomic mass is 9.73. The first-order valence-corrected chi connectivity index (χ1v) is 13.4. The zero-order valence-electron chi connectivity index (χ0n) is 22.7. The van der Waals surface area contributed by atoms with Crippen molar-refractivity contribution in [3.63, 3.8) is 0 Å². The van der Waals surface area contributed by atoms with E-state index in [2.05, 4.69) is 91.9 Å². The van der Waals surface area contributed by atoms with Crippen LogP contribution in [0.2, 0.25) is 0 Å². The van der Waals surface area contributed by atoms with Gasteiger partial charge in [0.2, 0.25) is 0 Å². The first-order valence-electron chi connectivity index (χ1n) is 13.4. The van der Waals surface area contributed by atoms with E-state index in [0.29, 0.717) is 0 Å². The molecule has 1 N–H and O–H groups in total. The highest BCUT2D eigenvalue weighted by Gasteiger charge is 2.36. The lowest BCUT2D eigenvalue weighted by molar-refractivity contribution is -0.0897. The summed E-state index contributed by atoms with van der Waals surface area (Å²) in [5.41, 5.74) is 2.76. The topological polar surface area (TPSA) is 42.4 Å². The number of hydrogen-bond donors (Lipinski definition) is 1. The quantitative estimate of drug-likeness (QED) is 0.196. The van der Waals surface area contributed by atoms with E-state index in [9.17, 15) is 5.11 Å². The third-order valence-electron chi connectivity index (χ3n) is 8.38. The minimum Gasteiger partial charge on any atom is -0.427 e. The largest absolute Gasteiger partial charge is 0.427 e. The lowest BCUT2D eigenvalue weighted by Gasteiger charge is -2.38. The van der Waals surface area contributed by atoms with Gasteiger partial charge in [0.15, 0.2) is 0 Å². The number of fused-ring (bicyclic) bond motifs is 8. The van der Waals surface area contributed by atoms with E-state index >= 15 is 0 Å². The van der Waals surface area contributed by atoms with E-state index < -0.39 is 11.2 Å². The van der Waals surface area contributed by atoms with Gasteiger partial charge in [-0.3, -0.25) is 0 Å². The highest BCUT2D eigenvalue weighted by atomic mass is 16.5. The van der Waals surface area contributed by atoms with Gasteiger partial charge < -0.3 is 9.76 Å². The summed E-state index contributed by atoms with van der Waals surface area (Å²) in [6.45, 7) is 9.65. The molecule has 4 aromatic carbocycles. The van der Waals surface area contributed by atoms with Gasteiger partial charge >= 0.3 is 7.48 Å². The molecule has 6 rings (SSSR count). The highest BCUT2D eigenvalue weighted by molar-refractivity contribution is 6.38. The Kier molecular flexibility index (Phi) is 5.94. The third kappa shape index (κ3) is 4.04. The third-order valence-corrected chi connectivity index (χ3v) is 8.38. The minimum absolute atomic E-state index is 0.252. The van der Waals surface area contributed by atoms with Gasteiger partial charge in [-0.15, -0.1) is 0 Å². The molecule has 1 aromatic heterocycles. The predicted octanol–water partition coefficient (Wildman–Crippen LogP) is 8.19. The Hall–Kier alpha value is -3.47. The van der Waals surface area contributed by atoms with Crippen LogP contribution >= 0.6 is 0 Å². The summed E-state index contributed by atoms with van der Waals surface area (Å²) < 4.78 is 6.07. The zero-order valence-corrected chi connectivity index (χ0v) is 22.7. The maximum absolute atomic E-state index is 10.5. The SMILES string of the molecule is CC1CC([B]OC(C)(C)C(C)(C)O)=CC=C1c1nc2ccccc2c2c3ccccc3c3ccccc3c12. The molecular formula is C34H33BNO2. The van der Waals surface area contributed by atoms with Crippen molar-refractivity contribution in [2.45, 2.75) is 52.2 Å². The summed E-state index contributed by atoms with van der Waals surface area (Å²) in [4.78, 5) is 5.30. The molecule has 0 saturated carbocycles. The van der Waals surface area contributed by atoms with E-state index in [4.69, 9.17) is 9.64 Å². The summed E-state index contributed by atoms with van der Waals surface area (Å²) >= 11 is 0. The molecule has 0 spiro atoms. The summed E-state index contributed by atoms with van der Waals surface area (Å²) in [6.07, 6.45) is 5.19. The van der Waals surface area contributed by atoms with E-state index in [1.807, 2.05) is 21.3 Å². The van der Waals surface area contributed by atoms with Gasteiger partial charge in [0.05, 0.1) is 22.4 Å². The molecule has 0 aliphatic heterocycles. The molecule has 1 radical (unpaired) electrons. The minimum atomic E-state index is -0.955. The maximum Gasteiger partial charge on any atom is 0.326 e. The van der Waals surface area contributed by atoms with Gasteiger partial charge in [-0.2, -0.15) is 0 Å². The first kappa shape index (κ1) is 24.8. The van der Waals surface area contributed by atoms with E-state index in [0.717, 1.165) is 23.1 Å². The van der Waals surface area contributed by atoms with Crippen LogP contribution in [0.25, 0.3) is 48.8 Å². The number of nitrogens with zero attached hydrogens (tertiary/aromatic N) is 1. The normalized spacial score (nSPS) is 16.7. The van der Waals surface area contributed by atoms with Crippen LogP contribution in [0, 0.1) is 5.92 Å². The fourth-order valence-corrected chi connectivity index (χ4v) is 5.49. The molecule has 0 fully saturated rings. The van der Waals surface area contributed by atoms with Crippen molar-refractivity contribution in [3.8, 4) is 0 Å². The van der Waals surface area contributed by atoms with Gasteiger partial charge in [0.25, 0.3) is 0 Å². The van der Waals surface area contributed by atoms with Gasteiger partial charge in [-0.1, -0.05) is 91.3 Å². The van der Waals surface area contributed by atoms with Crippen molar-refractivity contribution in [1.29, 1.82) is 0 Å². The summed E-state index contributed by atoms with van der Waals surface area (Å²) in [7, 11) is 1.82. The Morgan fingerprint density at radius 1 is 0.763 bits per heavy atom. The van der Waals surface area contributed by atoms with Gasteiger partial charge in [0.1, 0.15) is 0 Å². The standard InChI is InChI=1S/C34H33BNO2/c1-21-20-22(35-38-34(4,5)33(2,3)37)18-19-23(21)32-31-27-15-9-7-13-25(27)24-12-6-8-14-26(24)30(31)28-16-10-11-17-29(28)36-32/h6-19,21,37H,20H2,1-5H3. The first-order chi connectivity index (χ1) is 18.2. The Morgan fingerprint density at radius 3 is 1.92 bits per heavy atom.